The van der Waals surface area contributed by atoms with Crippen LogP contribution in [0, 0.1) is 0 Å². The minimum Gasteiger partial charge on any atom is -0.377 e. The van der Waals surface area contributed by atoms with Gasteiger partial charge in [-0.15, -0.1) is 0 Å². The monoisotopic (exact) mass is 306 g/mol. The predicted octanol–water partition coefficient (Wildman–Crippen LogP) is 2.26. The van der Waals surface area contributed by atoms with Crippen LogP contribution < -0.4 is 0 Å². The highest BCUT2D eigenvalue weighted by atomic mass is 28.4. The molecule has 0 aliphatic carbocycles. The Morgan fingerprint density at radius 1 is 0.750 bits per heavy atom. The second kappa shape index (κ2) is 10.7. The van der Waals surface area contributed by atoms with Gasteiger partial charge in [0.15, 0.2) is 0 Å². The van der Waals surface area contributed by atoms with Gasteiger partial charge < -0.3 is 13.3 Å². The first-order valence-corrected chi connectivity index (χ1v) is 9.64. The summed E-state index contributed by atoms with van der Waals surface area (Å²) in [6, 6.07) is 0.841. The van der Waals surface area contributed by atoms with Crippen LogP contribution in [0.1, 0.15) is 34.1 Å². The van der Waals surface area contributed by atoms with Crippen LogP contribution in [-0.4, -0.2) is 72.3 Å². The third-order valence-corrected chi connectivity index (χ3v) is 6.88. The summed E-state index contributed by atoms with van der Waals surface area (Å²) in [7, 11) is 2.57. The van der Waals surface area contributed by atoms with Gasteiger partial charge in [-0.25, -0.2) is 0 Å². The van der Waals surface area contributed by atoms with Gasteiger partial charge in [0.2, 0.25) is 0 Å². The lowest BCUT2D eigenvalue weighted by atomic mass is 10.2. The van der Waals surface area contributed by atoms with Gasteiger partial charge >= 0.3 is 8.80 Å². The van der Waals surface area contributed by atoms with Crippen LogP contribution in [0.5, 0.6) is 0 Å². The number of rotatable bonds is 12. The van der Waals surface area contributed by atoms with E-state index in [1.54, 1.807) is 21.3 Å². The molecule has 0 fully saturated rings. The molecule has 0 aliphatic heterocycles. The molecular formula is C14H34N2O3Si. The molecule has 0 radical (unpaired) electrons. The van der Waals surface area contributed by atoms with Gasteiger partial charge in [-0.1, -0.05) is 27.7 Å². The van der Waals surface area contributed by atoms with E-state index in [2.05, 4.69) is 37.5 Å². The fourth-order valence-corrected chi connectivity index (χ4v) is 4.47. The molecule has 0 aliphatic rings. The Balaban J connectivity index is 4.88. The fraction of sp³-hybridized carbons (Fsp3) is 1.00. The Morgan fingerprint density at radius 3 is 1.35 bits per heavy atom. The van der Waals surface area contributed by atoms with E-state index in [9.17, 15) is 0 Å². The summed E-state index contributed by atoms with van der Waals surface area (Å²) in [6.45, 7) is 13.1. The molecule has 6 heteroatoms. The minimum atomic E-state index is -2.48. The van der Waals surface area contributed by atoms with E-state index < -0.39 is 8.80 Å². The van der Waals surface area contributed by atoms with Crippen molar-refractivity contribution >= 4 is 8.80 Å². The molecule has 0 amide bonds. The van der Waals surface area contributed by atoms with E-state index in [0.29, 0.717) is 6.17 Å². The van der Waals surface area contributed by atoms with Gasteiger partial charge in [-0.2, -0.15) is 0 Å². The smallest absolute Gasteiger partial charge is 0.377 e. The lowest BCUT2D eigenvalue weighted by molar-refractivity contribution is 0.0464. The number of nitrogens with zero attached hydrogens (tertiary/aromatic N) is 2. The Labute approximate surface area is 126 Å². The Kier molecular flexibility index (Phi) is 10.7. The van der Waals surface area contributed by atoms with Crippen LogP contribution in [0.3, 0.4) is 0 Å². The van der Waals surface area contributed by atoms with Crippen molar-refractivity contribution in [3.63, 3.8) is 0 Å². The molecule has 0 heterocycles. The van der Waals surface area contributed by atoms with Crippen molar-refractivity contribution in [2.45, 2.75) is 46.3 Å². The van der Waals surface area contributed by atoms with Gasteiger partial charge in [0, 0.05) is 27.4 Å². The minimum absolute atomic E-state index is 0.423. The lowest BCUT2D eigenvalue weighted by Gasteiger charge is -2.39. The summed E-state index contributed by atoms with van der Waals surface area (Å²) < 4.78 is 16.6. The molecule has 0 aromatic heterocycles. The molecule has 0 N–H and O–H groups in total. The zero-order chi connectivity index (χ0) is 15.6. The molecule has 5 nitrogen and oxygen atoms in total. The van der Waals surface area contributed by atoms with Crippen molar-refractivity contribution in [3.05, 3.63) is 0 Å². The Bertz CT molecular complexity index is 212. The van der Waals surface area contributed by atoms with Crippen LogP contribution in [0.4, 0.5) is 0 Å². The van der Waals surface area contributed by atoms with Crippen molar-refractivity contribution in [1.29, 1.82) is 0 Å². The zero-order valence-corrected chi connectivity index (χ0v) is 15.4. The quantitative estimate of drug-likeness (QED) is 0.408. The van der Waals surface area contributed by atoms with Crippen molar-refractivity contribution < 1.29 is 13.3 Å². The maximum Gasteiger partial charge on any atom is 0.500 e. The molecule has 0 saturated heterocycles. The molecule has 0 aromatic rings. The largest absolute Gasteiger partial charge is 0.500 e. The van der Waals surface area contributed by atoms with E-state index in [1.165, 1.54) is 0 Å². The summed E-state index contributed by atoms with van der Waals surface area (Å²) in [6.07, 6.45) is 1.43. The molecule has 20 heavy (non-hydrogen) atoms. The van der Waals surface area contributed by atoms with Gasteiger partial charge in [-0.3, -0.25) is 9.80 Å². The van der Waals surface area contributed by atoms with Crippen molar-refractivity contribution in [2.75, 3.05) is 47.5 Å². The van der Waals surface area contributed by atoms with E-state index in [4.69, 9.17) is 13.3 Å². The summed E-state index contributed by atoms with van der Waals surface area (Å²) in [5.74, 6) is 0. The van der Waals surface area contributed by atoms with Crippen molar-refractivity contribution in [2.24, 2.45) is 0 Å². The Hall–Kier alpha value is 0.0169. The Morgan fingerprint density at radius 2 is 1.10 bits per heavy atom. The van der Waals surface area contributed by atoms with Gasteiger partial charge in [0.25, 0.3) is 0 Å². The second-order valence-corrected chi connectivity index (χ2v) is 7.85. The molecule has 0 unspecified atom stereocenters. The van der Waals surface area contributed by atoms with Crippen LogP contribution in [0.2, 0.25) is 6.04 Å². The third-order valence-electron chi connectivity index (χ3n) is 4.11. The van der Waals surface area contributed by atoms with Crippen molar-refractivity contribution in [3.8, 4) is 0 Å². The van der Waals surface area contributed by atoms with E-state index in [-0.39, 0.29) is 0 Å². The molecule has 0 rings (SSSR count). The first-order valence-electron chi connectivity index (χ1n) is 7.71. The summed E-state index contributed by atoms with van der Waals surface area (Å²) in [4.78, 5) is 4.99. The van der Waals surface area contributed by atoms with Gasteiger partial charge in [0.1, 0.15) is 0 Å². The van der Waals surface area contributed by atoms with E-state index in [0.717, 1.165) is 38.6 Å². The topological polar surface area (TPSA) is 34.2 Å². The predicted molar refractivity (Wildman–Crippen MR) is 85.8 cm³/mol. The normalized spacial score (nSPS) is 12.9. The fourth-order valence-electron chi connectivity index (χ4n) is 2.75. The molecule has 0 atom stereocenters. The maximum atomic E-state index is 5.54. The average Bonchev–Trinajstić information content (AvgIpc) is 2.50. The molecule has 122 valence electrons. The highest BCUT2D eigenvalue weighted by molar-refractivity contribution is 6.60. The van der Waals surface area contributed by atoms with Crippen LogP contribution in [-0.2, 0) is 13.3 Å². The molecular weight excluding hydrogens is 272 g/mol. The number of hydrogen-bond donors (Lipinski definition) is 0. The molecule has 0 spiro atoms. The van der Waals surface area contributed by atoms with E-state index >= 15 is 0 Å². The zero-order valence-electron chi connectivity index (χ0n) is 14.4. The summed E-state index contributed by atoms with van der Waals surface area (Å²) >= 11 is 0. The van der Waals surface area contributed by atoms with Crippen LogP contribution >= 0.6 is 0 Å². The molecule has 0 saturated carbocycles. The summed E-state index contributed by atoms with van der Waals surface area (Å²) in [5, 5.41) is 0. The first kappa shape index (κ1) is 20.0. The van der Waals surface area contributed by atoms with Gasteiger partial charge in [0.05, 0.1) is 6.17 Å². The van der Waals surface area contributed by atoms with Crippen LogP contribution in [0.25, 0.3) is 0 Å². The highest BCUT2D eigenvalue weighted by Gasteiger charge is 2.39. The molecule has 0 aromatic carbocycles. The second-order valence-electron chi connectivity index (χ2n) is 4.76. The SMILES string of the molecule is CCN(CC)C(CC[Si](OC)(OC)OC)N(CC)CC. The maximum absolute atomic E-state index is 5.54. The van der Waals surface area contributed by atoms with Gasteiger partial charge in [-0.05, 0) is 32.6 Å². The lowest BCUT2D eigenvalue weighted by Crippen LogP contribution is -2.51. The summed E-state index contributed by atoms with van der Waals surface area (Å²) in [5.41, 5.74) is 0. The third kappa shape index (κ3) is 5.42. The average molecular weight is 307 g/mol. The standard InChI is InChI=1S/C14H34N2O3Si/c1-8-15(9-2)14(16(10-3)11-4)12-13-20(17-5,18-6)19-7/h14H,8-13H2,1-7H3. The van der Waals surface area contributed by atoms with E-state index in [1.807, 2.05) is 0 Å². The first-order chi connectivity index (χ1) is 9.57. The van der Waals surface area contributed by atoms with Crippen molar-refractivity contribution in [1.82, 2.24) is 9.80 Å². The number of hydrogen-bond acceptors (Lipinski definition) is 5. The highest BCUT2D eigenvalue weighted by Crippen LogP contribution is 2.20. The van der Waals surface area contributed by atoms with Crippen LogP contribution in [0.15, 0.2) is 0 Å². The molecule has 0 bridgehead atoms.